The molecule has 2 rings (SSSR count). The molecule has 0 amide bonds. The Morgan fingerprint density at radius 2 is 1.94 bits per heavy atom. The summed E-state index contributed by atoms with van der Waals surface area (Å²) in [6.07, 6.45) is 1.74. The van der Waals surface area contributed by atoms with Crippen LogP contribution in [0.4, 0.5) is 10.1 Å². The van der Waals surface area contributed by atoms with E-state index in [0.29, 0.717) is 10.8 Å². The third-order valence-electron chi connectivity index (χ3n) is 3.18. The van der Waals surface area contributed by atoms with Gasteiger partial charge in [0.2, 0.25) is 0 Å². The lowest BCUT2D eigenvalue weighted by atomic mass is 10.1. The van der Waals surface area contributed by atoms with Gasteiger partial charge in [-0.2, -0.15) is 0 Å². The molecule has 5 heteroatoms. The number of rotatable bonds is 3. The Balaban J connectivity index is 2.30. The van der Waals surface area contributed by atoms with Crippen LogP contribution in [0.2, 0.25) is 0 Å². The minimum atomic E-state index is -0.285. The molecule has 3 nitrogen and oxygen atoms in total. The third kappa shape index (κ3) is 2.12. The minimum Gasteiger partial charge on any atom is -0.342 e. The summed E-state index contributed by atoms with van der Waals surface area (Å²) in [5.41, 5.74) is 3.44. The van der Waals surface area contributed by atoms with Gasteiger partial charge in [-0.1, -0.05) is 26.0 Å². The van der Waals surface area contributed by atoms with Crippen LogP contribution in [0.1, 0.15) is 26.7 Å². The molecule has 17 heavy (non-hydrogen) atoms. The fourth-order valence-corrected chi connectivity index (χ4v) is 2.28. The maximum Gasteiger partial charge on any atom is 0.189 e. The van der Waals surface area contributed by atoms with Crippen LogP contribution in [0.15, 0.2) is 24.3 Å². The predicted molar refractivity (Wildman–Crippen MR) is 71.1 cm³/mol. The molecule has 0 aromatic heterocycles. The summed E-state index contributed by atoms with van der Waals surface area (Å²) < 4.78 is 13.7. The van der Waals surface area contributed by atoms with E-state index in [-0.39, 0.29) is 11.5 Å². The summed E-state index contributed by atoms with van der Waals surface area (Å²) in [5, 5.41) is 5.34. The van der Waals surface area contributed by atoms with E-state index in [4.69, 9.17) is 12.2 Å². The average molecular weight is 253 g/mol. The maximum absolute atomic E-state index is 13.7. The van der Waals surface area contributed by atoms with Gasteiger partial charge in [0.05, 0.1) is 5.69 Å². The zero-order valence-electron chi connectivity index (χ0n) is 9.96. The van der Waals surface area contributed by atoms with Crippen molar-refractivity contribution >= 4 is 23.0 Å². The topological polar surface area (TPSA) is 27.3 Å². The van der Waals surface area contributed by atoms with Crippen molar-refractivity contribution in [2.75, 3.05) is 5.01 Å². The van der Waals surface area contributed by atoms with E-state index in [2.05, 4.69) is 24.6 Å². The molecule has 1 heterocycles. The molecule has 0 unspecified atom stereocenters. The van der Waals surface area contributed by atoms with Crippen molar-refractivity contribution in [3.05, 3.63) is 30.1 Å². The number of nitrogens with one attached hydrogen (secondary N) is 2. The van der Waals surface area contributed by atoms with Crippen molar-refractivity contribution in [1.29, 1.82) is 0 Å². The Morgan fingerprint density at radius 3 is 2.47 bits per heavy atom. The molecule has 0 spiro atoms. The molecule has 1 aromatic rings. The zero-order valence-corrected chi connectivity index (χ0v) is 10.8. The summed E-state index contributed by atoms with van der Waals surface area (Å²) in [5.74, 6) is -0.285. The molecule has 1 saturated heterocycles. The van der Waals surface area contributed by atoms with E-state index >= 15 is 0 Å². The van der Waals surface area contributed by atoms with Gasteiger partial charge >= 0.3 is 0 Å². The molecular weight excluding hydrogens is 237 g/mol. The summed E-state index contributed by atoms with van der Waals surface area (Å²) in [7, 11) is 0. The highest BCUT2D eigenvalue weighted by molar-refractivity contribution is 7.80. The van der Waals surface area contributed by atoms with Gasteiger partial charge in [-0.05, 0) is 37.2 Å². The number of halogens is 1. The molecular formula is C12H16FN3S. The maximum atomic E-state index is 13.7. The molecule has 2 N–H and O–H groups in total. The van der Waals surface area contributed by atoms with Crippen molar-refractivity contribution in [2.24, 2.45) is 0 Å². The van der Waals surface area contributed by atoms with Crippen molar-refractivity contribution in [3.63, 3.8) is 0 Å². The first-order valence-electron chi connectivity index (χ1n) is 5.76. The normalized spacial score (nSPS) is 18.3. The molecule has 0 saturated carbocycles. The SMILES string of the molecule is CCC1(CC)NC(=S)N(c2ccccc2F)N1. The molecule has 1 aliphatic heterocycles. The first kappa shape index (κ1) is 12.3. The highest BCUT2D eigenvalue weighted by Gasteiger charge is 2.38. The summed E-state index contributed by atoms with van der Waals surface area (Å²) in [4.78, 5) is 0. The van der Waals surface area contributed by atoms with Gasteiger partial charge in [0.1, 0.15) is 11.5 Å². The number of nitrogens with zero attached hydrogens (tertiary/aromatic N) is 1. The number of anilines is 1. The first-order chi connectivity index (χ1) is 8.12. The van der Waals surface area contributed by atoms with E-state index in [1.807, 2.05) is 0 Å². The van der Waals surface area contributed by atoms with Gasteiger partial charge in [-0.15, -0.1) is 0 Å². The van der Waals surface area contributed by atoms with Crippen LogP contribution in [0, 0.1) is 5.82 Å². The molecule has 0 aliphatic carbocycles. The molecule has 1 aliphatic rings. The second-order valence-corrected chi connectivity index (χ2v) is 4.50. The number of para-hydroxylation sites is 1. The number of benzene rings is 1. The van der Waals surface area contributed by atoms with E-state index in [1.54, 1.807) is 23.2 Å². The average Bonchev–Trinajstić information content (AvgIpc) is 2.68. The highest BCUT2D eigenvalue weighted by Crippen LogP contribution is 2.25. The van der Waals surface area contributed by atoms with E-state index in [1.165, 1.54) is 6.07 Å². The number of thiocarbonyl (C=S) groups is 1. The van der Waals surface area contributed by atoms with Crippen LogP contribution in [0.5, 0.6) is 0 Å². The second kappa shape index (κ2) is 4.58. The Morgan fingerprint density at radius 1 is 1.29 bits per heavy atom. The lowest BCUT2D eigenvalue weighted by molar-refractivity contribution is 0.314. The van der Waals surface area contributed by atoms with Gasteiger partial charge in [-0.3, -0.25) is 0 Å². The van der Waals surface area contributed by atoms with Crippen molar-refractivity contribution in [2.45, 2.75) is 32.4 Å². The molecule has 0 atom stereocenters. The fourth-order valence-electron chi connectivity index (χ4n) is 1.94. The minimum absolute atomic E-state index is 0.265. The number of hydrogen-bond donors (Lipinski definition) is 2. The standard InChI is InChI=1S/C12H16FN3S/c1-3-12(4-2)14-11(17)16(15-12)10-8-6-5-7-9(10)13/h5-8,15H,3-4H2,1-2H3,(H,14,17). The summed E-state index contributed by atoms with van der Waals surface area (Å²) in [6, 6.07) is 6.59. The van der Waals surface area contributed by atoms with Gasteiger partial charge in [-0.25, -0.2) is 14.8 Å². The van der Waals surface area contributed by atoms with Gasteiger partial charge < -0.3 is 5.32 Å². The van der Waals surface area contributed by atoms with Crippen molar-refractivity contribution in [3.8, 4) is 0 Å². The summed E-state index contributed by atoms with van der Waals surface area (Å²) >= 11 is 5.25. The number of hydrogen-bond acceptors (Lipinski definition) is 2. The zero-order chi connectivity index (χ0) is 12.5. The molecule has 92 valence electrons. The lowest BCUT2D eigenvalue weighted by Crippen LogP contribution is -2.50. The Labute approximate surface area is 106 Å². The molecule has 1 fully saturated rings. The lowest BCUT2D eigenvalue weighted by Gasteiger charge is -2.27. The van der Waals surface area contributed by atoms with E-state index < -0.39 is 0 Å². The quantitative estimate of drug-likeness (QED) is 0.810. The van der Waals surface area contributed by atoms with Crippen molar-refractivity contribution in [1.82, 2.24) is 10.7 Å². The molecule has 0 bridgehead atoms. The van der Waals surface area contributed by atoms with E-state index in [0.717, 1.165) is 12.8 Å². The van der Waals surface area contributed by atoms with Gasteiger partial charge in [0.15, 0.2) is 5.11 Å². The van der Waals surface area contributed by atoms with Crippen LogP contribution < -0.4 is 15.8 Å². The largest absolute Gasteiger partial charge is 0.342 e. The fraction of sp³-hybridized carbons (Fsp3) is 0.417. The highest BCUT2D eigenvalue weighted by atomic mass is 32.1. The van der Waals surface area contributed by atoms with Crippen LogP contribution in [-0.2, 0) is 0 Å². The van der Waals surface area contributed by atoms with Crippen molar-refractivity contribution < 1.29 is 4.39 Å². The molecule has 1 aromatic carbocycles. The van der Waals surface area contributed by atoms with Crippen LogP contribution >= 0.6 is 12.2 Å². The van der Waals surface area contributed by atoms with Crippen LogP contribution in [-0.4, -0.2) is 10.8 Å². The second-order valence-electron chi connectivity index (χ2n) is 4.12. The predicted octanol–water partition coefficient (Wildman–Crippen LogP) is 2.54. The molecule has 0 radical (unpaired) electrons. The monoisotopic (exact) mass is 253 g/mol. The van der Waals surface area contributed by atoms with Crippen LogP contribution in [0.3, 0.4) is 0 Å². The Bertz CT molecular complexity index is 432. The summed E-state index contributed by atoms with van der Waals surface area (Å²) in [6.45, 7) is 4.13. The first-order valence-corrected chi connectivity index (χ1v) is 6.17. The van der Waals surface area contributed by atoms with Crippen LogP contribution in [0.25, 0.3) is 0 Å². The smallest absolute Gasteiger partial charge is 0.189 e. The van der Waals surface area contributed by atoms with Gasteiger partial charge in [0.25, 0.3) is 0 Å². The third-order valence-corrected chi connectivity index (χ3v) is 3.46. The van der Waals surface area contributed by atoms with Gasteiger partial charge in [0, 0.05) is 0 Å². The Hall–Kier alpha value is -1.20. The Kier molecular flexibility index (Phi) is 3.31. The number of hydrazine groups is 1. The van der Waals surface area contributed by atoms with E-state index in [9.17, 15) is 4.39 Å².